The van der Waals surface area contributed by atoms with Crippen molar-refractivity contribution < 1.29 is 4.39 Å². The number of hydrogen-bond donors (Lipinski definition) is 1. The van der Waals surface area contributed by atoms with Crippen LogP contribution in [0.1, 0.15) is 33.6 Å². The normalized spacial score (nSPS) is 32.7. The van der Waals surface area contributed by atoms with Crippen molar-refractivity contribution in [3.8, 4) is 0 Å². The van der Waals surface area contributed by atoms with E-state index in [-0.39, 0.29) is 0 Å². The highest BCUT2D eigenvalue weighted by Gasteiger charge is 2.26. The van der Waals surface area contributed by atoms with Crippen LogP contribution in [0.15, 0.2) is 0 Å². The van der Waals surface area contributed by atoms with Gasteiger partial charge >= 0.3 is 0 Å². The molecule has 1 heterocycles. The summed E-state index contributed by atoms with van der Waals surface area (Å²) in [6, 6.07) is 0.407. The average Bonchev–Trinajstić information content (AvgIpc) is 2.10. The summed E-state index contributed by atoms with van der Waals surface area (Å²) in [5, 5.41) is 3.19. The summed E-state index contributed by atoms with van der Waals surface area (Å²) < 4.78 is 12.7. The molecule has 1 unspecified atom stereocenters. The minimum Gasteiger partial charge on any atom is -0.311 e. The number of halogens is 1. The average molecular weight is 159 g/mol. The van der Waals surface area contributed by atoms with Crippen LogP contribution in [-0.2, 0) is 0 Å². The van der Waals surface area contributed by atoms with Gasteiger partial charge in [-0.05, 0) is 18.3 Å². The van der Waals surface area contributed by atoms with Crippen LogP contribution in [0, 0.1) is 5.41 Å². The molecule has 1 N–H and O–H groups in total. The van der Waals surface area contributed by atoms with Crippen molar-refractivity contribution in [3.63, 3.8) is 0 Å². The van der Waals surface area contributed by atoms with Crippen molar-refractivity contribution in [3.05, 3.63) is 0 Å². The van der Waals surface area contributed by atoms with Gasteiger partial charge in [-0.15, -0.1) is 0 Å². The summed E-state index contributed by atoms with van der Waals surface area (Å²) in [6.45, 7) is 7.14. The Morgan fingerprint density at radius 2 is 2.09 bits per heavy atom. The first kappa shape index (κ1) is 8.98. The quantitative estimate of drug-likeness (QED) is 0.618. The summed E-state index contributed by atoms with van der Waals surface area (Å²) in [6.07, 6.45) is 1.17. The predicted molar refractivity (Wildman–Crippen MR) is 45.4 cm³/mol. The second kappa shape index (κ2) is 3.10. The van der Waals surface area contributed by atoms with Crippen molar-refractivity contribution in [1.82, 2.24) is 5.32 Å². The minimum absolute atomic E-state index is 0.321. The number of rotatable bonds is 1. The van der Waals surface area contributed by atoms with Gasteiger partial charge in [-0.2, -0.15) is 0 Å². The van der Waals surface area contributed by atoms with Gasteiger partial charge in [-0.3, -0.25) is 0 Å². The summed E-state index contributed by atoms with van der Waals surface area (Å²) >= 11 is 0. The molecule has 66 valence electrons. The van der Waals surface area contributed by atoms with Crippen LogP contribution in [0.25, 0.3) is 0 Å². The molecule has 0 amide bonds. The van der Waals surface area contributed by atoms with E-state index in [2.05, 4.69) is 26.1 Å². The molecule has 0 radical (unpaired) electrons. The van der Waals surface area contributed by atoms with Gasteiger partial charge in [0.2, 0.25) is 0 Å². The predicted octanol–water partition coefficient (Wildman–Crippen LogP) is 2.12. The van der Waals surface area contributed by atoms with E-state index in [9.17, 15) is 4.39 Å². The Kier molecular flexibility index (Phi) is 2.53. The van der Waals surface area contributed by atoms with Crippen molar-refractivity contribution in [2.75, 3.05) is 6.54 Å². The highest BCUT2D eigenvalue weighted by Crippen LogP contribution is 2.25. The van der Waals surface area contributed by atoms with Gasteiger partial charge < -0.3 is 5.32 Å². The van der Waals surface area contributed by atoms with Gasteiger partial charge in [0, 0.05) is 12.6 Å². The highest BCUT2D eigenvalue weighted by atomic mass is 19.1. The Balaban J connectivity index is 2.29. The maximum atomic E-state index is 12.7. The van der Waals surface area contributed by atoms with Crippen LogP contribution in [0.5, 0.6) is 0 Å². The SMILES string of the molecule is CC(C)(C)CC1C[C@@H](F)CN1. The fourth-order valence-corrected chi connectivity index (χ4v) is 1.66. The topological polar surface area (TPSA) is 12.0 Å². The molecule has 1 nitrogen and oxygen atoms in total. The maximum Gasteiger partial charge on any atom is 0.114 e. The molecule has 1 fully saturated rings. The molecule has 0 aromatic rings. The lowest BCUT2D eigenvalue weighted by Gasteiger charge is -2.22. The third-order valence-electron chi connectivity index (χ3n) is 2.03. The van der Waals surface area contributed by atoms with E-state index in [4.69, 9.17) is 0 Å². The molecule has 0 aliphatic carbocycles. The molecule has 1 saturated heterocycles. The fraction of sp³-hybridized carbons (Fsp3) is 1.00. The molecular weight excluding hydrogens is 141 g/mol. The van der Waals surface area contributed by atoms with Crippen LogP contribution in [0.2, 0.25) is 0 Å². The van der Waals surface area contributed by atoms with Crippen LogP contribution in [0.4, 0.5) is 4.39 Å². The van der Waals surface area contributed by atoms with Gasteiger partial charge in [-0.25, -0.2) is 4.39 Å². The Bertz CT molecular complexity index is 128. The van der Waals surface area contributed by atoms with E-state index < -0.39 is 6.17 Å². The zero-order valence-electron chi connectivity index (χ0n) is 7.65. The van der Waals surface area contributed by atoms with E-state index in [1.165, 1.54) is 0 Å². The Morgan fingerprint density at radius 3 is 2.45 bits per heavy atom. The largest absolute Gasteiger partial charge is 0.311 e. The van der Waals surface area contributed by atoms with Gasteiger partial charge in [0.05, 0.1) is 0 Å². The van der Waals surface area contributed by atoms with Crippen molar-refractivity contribution in [2.45, 2.75) is 45.8 Å². The molecule has 11 heavy (non-hydrogen) atoms. The maximum absolute atomic E-state index is 12.7. The summed E-state index contributed by atoms with van der Waals surface area (Å²) in [7, 11) is 0. The Labute approximate surface area is 68.4 Å². The second-order valence-corrected chi connectivity index (χ2v) is 4.70. The summed E-state index contributed by atoms with van der Waals surface area (Å²) in [5.41, 5.74) is 0.321. The van der Waals surface area contributed by atoms with E-state index >= 15 is 0 Å². The third-order valence-corrected chi connectivity index (χ3v) is 2.03. The van der Waals surface area contributed by atoms with E-state index in [1.54, 1.807) is 0 Å². The summed E-state index contributed by atoms with van der Waals surface area (Å²) in [5.74, 6) is 0. The van der Waals surface area contributed by atoms with Crippen LogP contribution in [-0.4, -0.2) is 18.8 Å². The molecule has 1 aliphatic heterocycles. The first-order chi connectivity index (χ1) is 4.97. The van der Waals surface area contributed by atoms with E-state index in [0.717, 1.165) is 6.42 Å². The second-order valence-electron chi connectivity index (χ2n) is 4.70. The molecule has 0 aromatic heterocycles. The first-order valence-electron chi connectivity index (χ1n) is 4.35. The third kappa shape index (κ3) is 3.19. The molecule has 0 aromatic carbocycles. The van der Waals surface area contributed by atoms with E-state index in [1.807, 2.05) is 0 Å². The van der Waals surface area contributed by atoms with Gasteiger partial charge in [0.25, 0.3) is 0 Å². The molecule has 0 saturated carbocycles. The monoisotopic (exact) mass is 159 g/mol. The molecular formula is C9H18FN. The number of hydrogen-bond acceptors (Lipinski definition) is 1. The number of nitrogens with one attached hydrogen (secondary N) is 1. The zero-order chi connectivity index (χ0) is 8.48. The van der Waals surface area contributed by atoms with Crippen LogP contribution in [0.3, 0.4) is 0 Å². The smallest absolute Gasteiger partial charge is 0.114 e. The Morgan fingerprint density at radius 1 is 1.45 bits per heavy atom. The minimum atomic E-state index is -0.609. The van der Waals surface area contributed by atoms with Crippen molar-refractivity contribution >= 4 is 0 Å². The van der Waals surface area contributed by atoms with Crippen molar-refractivity contribution in [2.24, 2.45) is 5.41 Å². The van der Waals surface area contributed by atoms with Crippen molar-refractivity contribution in [1.29, 1.82) is 0 Å². The Hall–Kier alpha value is -0.110. The molecule has 0 bridgehead atoms. The van der Waals surface area contributed by atoms with Gasteiger partial charge in [0.1, 0.15) is 6.17 Å². The fourth-order valence-electron chi connectivity index (χ4n) is 1.66. The van der Waals surface area contributed by atoms with Gasteiger partial charge in [-0.1, -0.05) is 20.8 Å². The summed E-state index contributed by atoms with van der Waals surface area (Å²) in [4.78, 5) is 0. The van der Waals surface area contributed by atoms with E-state index in [0.29, 0.717) is 24.4 Å². The zero-order valence-corrected chi connectivity index (χ0v) is 7.65. The van der Waals surface area contributed by atoms with Gasteiger partial charge in [0.15, 0.2) is 0 Å². The number of alkyl halides is 1. The molecule has 1 rings (SSSR count). The molecule has 2 heteroatoms. The lowest BCUT2D eigenvalue weighted by Crippen LogP contribution is -2.26. The molecule has 1 aliphatic rings. The van der Waals surface area contributed by atoms with Crippen LogP contribution < -0.4 is 5.32 Å². The molecule has 2 atom stereocenters. The first-order valence-corrected chi connectivity index (χ1v) is 4.35. The molecule has 0 spiro atoms. The standard InChI is InChI=1S/C9H18FN/c1-9(2,3)5-8-4-7(10)6-11-8/h7-8,11H,4-6H2,1-3H3/t7-,8?/m1/s1. The van der Waals surface area contributed by atoms with Crippen LogP contribution >= 0.6 is 0 Å². The lowest BCUT2D eigenvalue weighted by molar-refractivity contribution is 0.308. The highest BCUT2D eigenvalue weighted by molar-refractivity contribution is 4.84. The lowest BCUT2D eigenvalue weighted by atomic mass is 9.87.